The molecular formula is C20H43O2PS2. The molecule has 0 atom stereocenters. The molecule has 0 aromatic heterocycles. The van der Waals surface area contributed by atoms with Gasteiger partial charge in [0.1, 0.15) is 0 Å². The van der Waals surface area contributed by atoms with E-state index in [1.54, 1.807) is 0 Å². The lowest BCUT2D eigenvalue weighted by Crippen LogP contribution is -1.85. The molecule has 0 bridgehead atoms. The molecule has 2 N–H and O–H groups in total. The Balaban J connectivity index is 3.02. The van der Waals surface area contributed by atoms with E-state index >= 15 is 0 Å². The second kappa shape index (κ2) is 19.7. The first-order valence-electron chi connectivity index (χ1n) is 10.8. The molecule has 0 aliphatic carbocycles. The SMILES string of the molecule is CCCCCCCCCCCCCCCCCCCCSP(O)(O)=S. The van der Waals surface area contributed by atoms with E-state index in [4.69, 9.17) is 9.79 Å². The molecule has 0 fully saturated rings. The number of rotatable bonds is 20. The van der Waals surface area contributed by atoms with Crippen LogP contribution < -0.4 is 0 Å². The fourth-order valence-electron chi connectivity index (χ4n) is 3.19. The molecule has 0 saturated carbocycles. The van der Waals surface area contributed by atoms with Crippen molar-refractivity contribution in [2.24, 2.45) is 0 Å². The molecule has 0 unspecified atom stereocenters. The smallest absolute Gasteiger partial charge is 0.242 e. The summed E-state index contributed by atoms with van der Waals surface area (Å²) in [5.41, 5.74) is -3.01. The van der Waals surface area contributed by atoms with Gasteiger partial charge in [0.05, 0.1) is 0 Å². The summed E-state index contributed by atoms with van der Waals surface area (Å²) in [7, 11) is 0. The minimum Gasteiger partial charge on any atom is -0.338 e. The maximum Gasteiger partial charge on any atom is 0.242 e. The Morgan fingerprint density at radius 1 is 0.560 bits per heavy atom. The van der Waals surface area contributed by atoms with E-state index in [1.165, 1.54) is 109 Å². The Morgan fingerprint density at radius 2 is 0.840 bits per heavy atom. The van der Waals surface area contributed by atoms with E-state index < -0.39 is 5.69 Å². The highest BCUT2D eigenvalue weighted by Crippen LogP contribution is 2.50. The van der Waals surface area contributed by atoms with Crippen LogP contribution in [-0.2, 0) is 11.8 Å². The Labute approximate surface area is 166 Å². The molecule has 0 rings (SSSR count). The minimum absolute atomic E-state index is 0.795. The van der Waals surface area contributed by atoms with Crippen LogP contribution in [-0.4, -0.2) is 15.5 Å². The van der Waals surface area contributed by atoms with Crippen molar-refractivity contribution in [2.75, 3.05) is 5.75 Å². The minimum atomic E-state index is -3.01. The monoisotopic (exact) mass is 410 g/mol. The largest absolute Gasteiger partial charge is 0.338 e. The fourth-order valence-corrected chi connectivity index (χ4v) is 5.53. The summed E-state index contributed by atoms with van der Waals surface area (Å²) in [6.45, 7) is 2.28. The van der Waals surface area contributed by atoms with Crippen molar-refractivity contribution in [1.29, 1.82) is 0 Å². The quantitative estimate of drug-likeness (QED) is 0.158. The lowest BCUT2D eigenvalue weighted by Gasteiger charge is -2.06. The van der Waals surface area contributed by atoms with E-state index in [-0.39, 0.29) is 0 Å². The van der Waals surface area contributed by atoms with Gasteiger partial charge in [0.2, 0.25) is 5.69 Å². The van der Waals surface area contributed by atoms with Crippen LogP contribution in [0.25, 0.3) is 0 Å². The number of hydrogen-bond acceptors (Lipinski definition) is 2. The van der Waals surface area contributed by atoms with Crippen molar-refractivity contribution in [2.45, 2.75) is 122 Å². The lowest BCUT2D eigenvalue weighted by atomic mass is 10.0. The zero-order chi connectivity index (χ0) is 18.6. The third-order valence-corrected chi connectivity index (χ3v) is 8.07. The van der Waals surface area contributed by atoms with Crippen LogP contribution in [0.2, 0.25) is 0 Å². The summed E-state index contributed by atoms with van der Waals surface area (Å²) in [5.74, 6) is 0.795. The number of hydrogen-bond donors (Lipinski definition) is 2. The first-order chi connectivity index (χ1) is 12.1. The molecule has 0 aliphatic heterocycles. The lowest BCUT2D eigenvalue weighted by molar-refractivity contribution is 0.502. The highest BCUT2D eigenvalue weighted by atomic mass is 32.9. The maximum absolute atomic E-state index is 9.11. The van der Waals surface area contributed by atoms with Gasteiger partial charge in [-0.25, -0.2) is 0 Å². The van der Waals surface area contributed by atoms with Gasteiger partial charge in [-0.05, 0) is 18.2 Å². The summed E-state index contributed by atoms with van der Waals surface area (Å²) in [6.07, 6.45) is 24.8. The summed E-state index contributed by atoms with van der Waals surface area (Å²) in [4.78, 5) is 18.2. The molecule has 0 aliphatic rings. The zero-order valence-electron chi connectivity index (χ0n) is 16.6. The van der Waals surface area contributed by atoms with Crippen LogP contribution in [0.15, 0.2) is 0 Å². The average Bonchev–Trinajstić information content (AvgIpc) is 2.56. The van der Waals surface area contributed by atoms with Gasteiger partial charge in [0, 0.05) is 5.75 Å². The molecule has 0 amide bonds. The fraction of sp³-hybridized carbons (Fsp3) is 1.00. The second-order valence-electron chi connectivity index (χ2n) is 7.33. The molecule has 152 valence electrons. The van der Waals surface area contributed by atoms with Gasteiger partial charge in [0.25, 0.3) is 0 Å². The molecule has 0 aromatic rings. The predicted octanol–water partition coefficient (Wildman–Crippen LogP) is 7.97. The van der Waals surface area contributed by atoms with E-state index in [9.17, 15) is 0 Å². The van der Waals surface area contributed by atoms with Gasteiger partial charge in [0.15, 0.2) is 0 Å². The molecule has 25 heavy (non-hydrogen) atoms. The Kier molecular flexibility index (Phi) is 20.4. The Morgan fingerprint density at radius 3 is 1.12 bits per heavy atom. The highest BCUT2D eigenvalue weighted by Gasteiger charge is 2.06. The van der Waals surface area contributed by atoms with Gasteiger partial charge in [-0.1, -0.05) is 127 Å². The molecule has 2 nitrogen and oxygen atoms in total. The summed E-state index contributed by atoms with van der Waals surface area (Å²) in [6, 6.07) is 0. The van der Waals surface area contributed by atoms with E-state index in [1.807, 2.05) is 0 Å². The molecule has 0 aromatic carbocycles. The highest BCUT2D eigenvalue weighted by molar-refractivity contribution is 8.67. The van der Waals surface area contributed by atoms with Crippen molar-refractivity contribution < 1.29 is 9.79 Å². The molecule has 0 spiro atoms. The Bertz CT molecular complexity index is 308. The average molecular weight is 411 g/mol. The molecule has 0 saturated heterocycles. The summed E-state index contributed by atoms with van der Waals surface area (Å²) in [5, 5.41) is 0. The molecule has 0 radical (unpaired) electrons. The summed E-state index contributed by atoms with van der Waals surface area (Å²) < 4.78 is 0. The topological polar surface area (TPSA) is 40.5 Å². The molecule has 0 heterocycles. The van der Waals surface area contributed by atoms with Crippen molar-refractivity contribution in [3.63, 3.8) is 0 Å². The van der Waals surface area contributed by atoms with Crippen LogP contribution in [0, 0.1) is 0 Å². The number of unbranched alkanes of at least 4 members (excludes halogenated alkanes) is 17. The summed E-state index contributed by atoms with van der Waals surface area (Å²) >= 11 is 5.75. The van der Waals surface area contributed by atoms with Gasteiger partial charge in [-0.3, -0.25) is 0 Å². The molecular weight excluding hydrogens is 367 g/mol. The third kappa shape index (κ3) is 24.9. The first-order valence-corrected chi connectivity index (χ1v) is 15.1. The maximum atomic E-state index is 9.11. The van der Waals surface area contributed by atoms with Crippen molar-refractivity contribution in [3.05, 3.63) is 0 Å². The van der Waals surface area contributed by atoms with Gasteiger partial charge in [-0.15, -0.1) is 0 Å². The first kappa shape index (κ1) is 25.9. The van der Waals surface area contributed by atoms with Crippen molar-refractivity contribution >= 4 is 28.9 Å². The predicted molar refractivity (Wildman–Crippen MR) is 120 cm³/mol. The van der Waals surface area contributed by atoms with Gasteiger partial charge < -0.3 is 9.79 Å². The van der Waals surface area contributed by atoms with E-state index in [0.717, 1.165) is 23.6 Å². The van der Waals surface area contributed by atoms with Gasteiger partial charge >= 0.3 is 0 Å². The second-order valence-corrected chi connectivity index (χ2v) is 13.5. The van der Waals surface area contributed by atoms with Crippen LogP contribution in [0.1, 0.15) is 122 Å². The van der Waals surface area contributed by atoms with E-state index in [2.05, 4.69) is 18.7 Å². The van der Waals surface area contributed by atoms with Crippen molar-refractivity contribution in [3.8, 4) is 0 Å². The van der Waals surface area contributed by atoms with Crippen LogP contribution in [0.5, 0.6) is 0 Å². The Hall–Kier alpha value is 0.920. The van der Waals surface area contributed by atoms with E-state index in [0.29, 0.717) is 0 Å². The van der Waals surface area contributed by atoms with Crippen LogP contribution in [0.4, 0.5) is 0 Å². The van der Waals surface area contributed by atoms with Crippen LogP contribution >= 0.6 is 17.1 Å². The van der Waals surface area contributed by atoms with Crippen LogP contribution in [0.3, 0.4) is 0 Å². The molecule has 5 heteroatoms. The zero-order valence-corrected chi connectivity index (χ0v) is 19.1. The normalized spacial score (nSPS) is 12.0. The van der Waals surface area contributed by atoms with Gasteiger partial charge in [-0.2, -0.15) is 0 Å². The third-order valence-electron chi connectivity index (χ3n) is 4.76. The van der Waals surface area contributed by atoms with Crippen molar-refractivity contribution in [1.82, 2.24) is 0 Å². The standard InChI is InChI=1S/C20H43O2PS2/c1-2-3-4-5-6-7-8-9-10-11-12-13-14-15-16-17-18-19-20-25-23(21,22)24/h2-20H2,1H3,(H2,21,22,24).